The first kappa shape index (κ1) is 23.4. The van der Waals surface area contributed by atoms with Gasteiger partial charge in [0, 0.05) is 37.8 Å². The van der Waals surface area contributed by atoms with E-state index in [1.54, 1.807) is 6.92 Å². The van der Waals surface area contributed by atoms with Gasteiger partial charge >= 0.3 is 6.18 Å². The van der Waals surface area contributed by atoms with Crippen LogP contribution in [0.5, 0.6) is 0 Å². The molecule has 3 fully saturated rings. The fourth-order valence-corrected chi connectivity index (χ4v) is 4.65. The molecule has 0 spiro atoms. The molecule has 7 atom stereocenters. The van der Waals surface area contributed by atoms with Crippen LogP contribution in [0.4, 0.5) is 13.2 Å². The van der Waals surface area contributed by atoms with Crippen molar-refractivity contribution in [3.05, 3.63) is 12.2 Å². The van der Waals surface area contributed by atoms with Gasteiger partial charge in [-0.15, -0.1) is 0 Å². The summed E-state index contributed by atoms with van der Waals surface area (Å²) >= 11 is 0. The molecule has 11 heteroatoms. The van der Waals surface area contributed by atoms with Gasteiger partial charge in [-0.1, -0.05) is 12.2 Å². The molecule has 6 unspecified atom stereocenters. The second-order valence-electron chi connectivity index (χ2n) is 8.86. The summed E-state index contributed by atoms with van der Waals surface area (Å²) in [6.07, 6.45) is -2.84. The second kappa shape index (κ2) is 9.49. The molecule has 0 saturated carbocycles. The Balaban J connectivity index is 1.71. The van der Waals surface area contributed by atoms with Crippen molar-refractivity contribution >= 4 is 5.91 Å². The standard InChI is InChI=1S/C19H34F3N7O/c1-10(2)14-6-12(7-15(27-14)19(20,21)22)26-17-13(16(24)30)8-25-18(28-17)29-5-3-4-11(23)9-29/h11-15,17-18,25-28H,1,3-9,23H2,2H3,(H2,24,30)/t11-,12?,13?,14?,15?,17?,18?/m0/s1. The lowest BCUT2D eigenvalue weighted by Crippen LogP contribution is -2.72. The van der Waals surface area contributed by atoms with Crippen LogP contribution in [0.2, 0.25) is 0 Å². The quantitative estimate of drug-likeness (QED) is 0.324. The average Bonchev–Trinajstić information content (AvgIpc) is 2.66. The minimum Gasteiger partial charge on any atom is -0.369 e. The van der Waals surface area contributed by atoms with E-state index in [1.807, 2.05) is 0 Å². The summed E-state index contributed by atoms with van der Waals surface area (Å²) in [7, 11) is 0. The molecule has 30 heavy (non-hydrogen) atoms. The molecule has 3 aliphatic heterocycles. The number of nitrogens with two attached hydrogens (primary N) is 2. The number of rotatable bonds is 5. The van der Waals surface area contributed by atoms with Gasteiger partial charge in [0.15, 0.2) is 0 Å². The van der Waals surface area contributed by atoms with Gasteiger partial charge in [0.2, 0.25) is 5.91 Å². The van der Waals surface area contributed by atoms with E-state index in [9.17, 15) is 18.0 Å². The lowest BCUT2D eigenvalue weighted by Gasteiger charge is -2.46. The highest BCUT2D eigenvalue weighted by molar-refractivity contribution is 5.77. The van der Waals surface area contributed by atoms with Crippen molar-refractivity contribution in [3.8, 4) is 0 Å². The SMILES string of the molecule is C=C(C)C1CC(NC2NC(N3CCC[C@H](N)C3)NCC2C(N)=O)CC(C(F)(F)F)N1. The smallest absolute Gasteiger partial charge is 0.369 e. The number of amides is 1. The molecule has 3 saturated heterocycles. The molecule has 3 heterocycles. The summed E-state index contributed by atoms with van der Waals surface area (Å²) < 4.78 is 40.3. The number of hydrogen-bond donors (Lipinski definition) is 6. The number of primary amides is 1. The lowest BCUT2D eigenvalue weighted by atomic mass is 9.89. The van der Waals surface area contributed by atoms with E-state index in [1.165, 1.54) is 0 Å². The normalized spacial score (nSPS) is 38.9. The van der Waals surface area contributed by atoms with E-state index < -0.39 is 42.3 Å². The number of hydrogen-bond acceptors (Lipinski definition) is 7. The van der Waals surface area contributed by atoms with Gasteiger partial charge in [-0.3, -0.25) is 31.0 Å². The molecule has 0 bridgehead atoms. The molecule has 8 N–H and O–H groups in total. The summed E-state index contributed by atoms with van der Waals surface area (Å²) in [5.74, 6) is -1.08. The molecule has 0 radical (unpaired) electrons. The topological polar surface area (TPSA) is 120 Å². The van der Waals surface area contributed by atoms with Gasteiger partial charge in [-0.25, -0.2) is 0 Å². The highest BCUT2D eigenvalue weighted by Gasteiger charge is 2.46. The first-order valence-corrected chi connectivity index (χ1v) is 10.6. The number of halogens is 3. The maximum atomic E-state index is 13.4. The minimum atomic E-state index is -4.36. The zero-order chi connectivity index (χ0) is 22.1. The molecule has 0 aromatic heterocycles. The van der Waals surface area contributed by atoms with Crippen LogP contribution in [-0.4, -0.2) is 73.2 Å². The number of nitrogens with zero attached hydrogens (tertiary/aromatic N) is 1. The van der Waals surface area contributed by atoms with Crippen LogP contribution in [0.1, 0.15) is 32.6 Å². The monoisotopic (exact) mass is 433 g/mol. The van der Waals surface area contributed by atoms with Crippen LogP contribution in [-0.2, 0) is 4.79 Å². The minimum absolute atomic E-state index is 0.0795. The van der Waals surface area contributed by atoms with Crippen molar-refractivity contribution < 1.29 is 18.0 Å². The third kappa shape index (κ3) is 5.71. The van der Waals surface area contributed by atoms with Crippen LogP contribution < -0.4 is 32.7 Å². The van der Waals surface area contributed by atoms with Crippen LogP contribution >= 0.6 is 0 Å². The third-order valence-electron chi connectivity index (χ3n) is 6.34. The van der Waals surface area contributed by atoms with E-state index in [2.05, 4.69) is 32.7 Å². The Kier molecular flexibility index (Phi) is 7.41. The zero-order valence-corrected chi connectivity index (χ0v) is 17.3. The molecule has 0 aliphatic carbocycles. The Morgan fingerprint density at radius 2 is 2.00 bits per heavy atom. The highest BCUT2D eigenvalue weighted by atomic mass is 19.4. The highest BCUT2D eigenvalue weighted by Crippen LogP contribution is 2.30. The number of carbonyl (C=O) groups excluding carboxylic acids is 1. The van der Waals surface area contributed by atoms with E-state index >= 15 is 0 Å². The fraction of sp³-hybridized carbons (Fsp3) is 0.842. The van der Waals surface area contributed by atoms with Crippen LogP contribution in [0.15, 0.2) is 12.2 Å². The molecule has 0 aromatic rings. The largest absolute Gasteiger partial charge is 0.403 e. The molecule has 3 aliphatic rings. The van der Waals surface area contributed by atoms with E-state index in [0.29, 0.717) is 25.1 Å². The van der Waals surface area contributed by atoms with Gasteiger partial charge in [0.05, 0.1) is 12.1 Å². The average molecular weight is 434 g/mol. The van der Waals surface area contributed by atoms with Crippen LogP contribution in [0.3, 0.4) is 0 Å². The van der Waals surface area contributed by atoms with E-state index in [4.69, 9.17) is 11.5 Å². The lowest BCUT2D eigenvalue weighted by molar-refractivity contribution is -0.164. The summed E-state index contributed by atoms with van der Waals surface area (Å²) in [5, 5.41) is 12.5. The molecular weight excluding hydrogens is 399 g/mol. The van der Waals surface area contributed by atoms with Crippen molar-refractivity contribution in [2.45, 2.75) is 75.4 Å². The van der Waals surface area contributed by atoms with Crippen LogP contribution in [0.25, 0.3) is 0 Å². The Hall–Kier alpha value is -1.24. The molecular formula is C19H34F3N7O. The van der Waals surface area contributed by atoms with Gasteiger partial charge in [-0.2, -0.15) is 13.2 Å². The van der Waals surface area contributed by atoms with Crippen molar-refractivity contribution in [3.63, 3.8) is 0 Å². The first-order valence-electron chi connectivity index (χ1n) is 10.6. The summed E-state index contributed by atoms with van der Waals surface area (Å²) in [5.41, 5.74) is 12.3. The van der Waals surface area contributed by atoms with Crippen molar-refractivity contribution in [1.29, 1.82) is 0 Å². The number of likely N-dealkylation sites (tertiary alicyclic amines) is 1. The van der Waals surface area contributed by atoms with E-state index in [-0.39, 0.29) is 18.8 Å². The van der Waals surface area contributed by atoms with Crippen molar-refractivity contribution in [2.24, 2.45) is 17.4 Å². The summed E-state index contributed by atoms with van der Waals surface area (Å²) in [4.78, 5) is 14.2. The predicted molar refractivity (Wildman–Crippen MR) is 108 cm³/mol. The molecule has 0 aromatic carbocycles. The zero-order valence-electron chi connectivity index (χ0n) is 17.3. The number of carbonyl (C=O) groups is 1. The number of piperidine rings is 2. The Labute approximate surface area is 175 Å². The molecule has 3 rings (SSSR count). The number of nitrogens with one attached hydrogen (secondary N) is 4. The van der Waals surface area contributed by atoms with Gasteiger partial charge < -0.3 is 11.5 Å². The second-order valence-corrected chi connectivity index (χ2v) is 8.86. The number of alkyl halides is 3. The van der Waals surface area contributed by atoms with Crippen molar-refractivity contribution in [2.75, 3.05) is 19.6 Å². The molecule has 1 amide bonds. The predicted octanol–water partition coefficient (Wildman–Crippen LogP) is -0.469. The fourth-order valence-electron chi connectivity index (χ4n) is 4.65. The maximum Gasteiger partial charge on any atom is 0.403 e. The molecule has 8 nitrogen and oxygen atoms in total. The summed E-state index contributed by atoms with van der Waals surface area (Å²) in [6.45, 7) is 7.45. The van der Waals surface area contributed by atoms with Crippen molar-refractivity contribution in [1.82, 2.24) is 26.2 Å². The van der Waals surface area contributed by atoms with Gasteiger partial charge in [-0.05, 0) is 32.6 Å². The molecule has 172 valence electrons. The maximum absolute atomic E-state index is 13.4. The Morgan fingerprint density at radius 1 is 1.27 bits per heavy atom. The Bertz CT molecular complexity index is 632. The summed E-state index contributed by atoms with van der Waals surface area (Å²) in [6, 6.07) is -2.44. The Morgan fingerprint density at radius 3 is 2.60 bits per heavy atom. The third-order valence-corrected chi connectivity index (χ3v) is 6.34. The van der Waals surface area contributed by atoms with E-state index in [0.717, 1.165) is 19.4 Å². The van der Waals surface area contributed by atoms with Gasteiger partial charge in [0.1, 0.15) is 12.3 Å². The van der Waals surface area contributed by atoms with Gasteiger partial charge in [0.25, 0.3) is 0 Å². The van der Waals surface area contributed by atoms with Crippen LogP contribution in [0, 0.1) is 5.92 Å². The first-order chi connectivity index (χ1) is 14.0.